The molecule has 5 nitrogen and oxygen atoms in total. The molecule has 5 heteroatoms. The van der Waals surface area contributed by atoms with Crippen LogP contribution in [0.25, 0.3) is 122 Å². The van der Waals surface area contributed by atoms with E-state index in [0.29, 0.717) is 11.5 Å². The molecule has 0 aliphatic rings. The molecule has 0 unspecified atom stereocenters. The molecule has 0 saturated heterocycles. The van der Waals surface area contributed by atoms with Crippen LogP contribution < -0.4 is 0 Å². The van der Waals surface area contributed by atoms with E-state index in [0.717, 1.165) is 71.9 Å². The lowest BCUT2D eigenvalue weighted by Crippen LogP contribution is -2.02. The Morgan fingerprint density at radius 2 is 0.918 bits per heavy atom. The van der Waals surface area contributed by atoms with E-state index in [1.807, 2.05) is 18.2 Å². The summed E-state index contributed by atoms with van der Waals surface area (Å²) in [4.78, 5) is 10.8. The Hall–Kier alpha value is -8.28. The van der Waals surface area contributed by atoms with Crippen molar-refractivity contribution in [2.75, 3.05) is 0 Å². The minimum absolute atomic E-state index is 0.597. The lowest BCUT2D eigenvalue weighted by Gasteiger charge is -2.10. The molecular weight excluding hydrogens is 745 g/mol. The first-order valence-electron chi connectivity index (χ1n) is 20.7. The smallest absolute Gasteiger partial charge is 0.236 e. The van der Waals surface area contributed by atoms with Crippen LogP contribution >= 0.6 is 0 Å². The van der Waals surface area contributed by atoms with Crippen molar-refractivity contribution in [1.29, 1.82) is 0 Å². The van der Waals surface area contributed by atoms with E-state index < -0.39 is 0 Å². The average Bonchev–Trinajstić information content (AvgIpc) is 3.99. The summed E-state index contributed by atoms with van der Waals surface area (Å²) in [6, 6.07) is 73.2. The Morgan fingerprint density at radius 3 is 1.66 bits per heavy atom. The van der Waals surface area contributed by atoms with E-state index >= 15 is 0 Å². The van der Waals surface area contributed by atoms with Gasteiger partial charge in [-0.3, -0.25) is 4.57 Å². The highest BCUT2D eigenvalue weighted by molar-refractivity contribution is 6.14. The van der Waals surface area contributed by atoms with E-state index in [2.05, 4.69) is 197 Å². The van der Waals surface area contributed by atoms with Crippen molar-refractivity contribution in [3.8, 4) is 45.1 Å². The zero-order valence-corrected chi connectivity index (χ0v) is 32.8. The van der Waals surface area contributed by atoms with Gasteiger partial charge in [-0.1, -0.05) is 146 Å². The minimum Gasteiger partial charge on any atom is -0.451 e. The number of hydrogen-bond acceptors (Lipinski definition) is 3. The van der Waals surface area contributed by atoms with E-state index in [1.54, 1.807) is 0 Å². The molecule has 0 N–H and O–H groups in total. The summed E-state index contributed by atoms with van der Waals surface area (Å²) in [5, 5.41) is 8.09. The Labute approximate surface area is 350 Å². The highest BCUT2D eigenvalue weighted by Gasteiger charge is 2.23. The highest BCUT2D eigenvalue weighted by atomic mass is 16.3. The van der Waals surface area contributed by atoms with Crippen molar-refractivity contribution in [3.05, 3.63) is 206 Å². The lowest BCUT2D eigenvalue weighted by atomic mass is 10.00. The summed E-state index contributed by atoms with van der Waals surface area (Å²) in [7, 11) is 0. The molecule has 284 valence electrons. The van der Waals surface area contributed by atoms with Gasteiger partial charge in [0.05, 0.1) is 22.1 Å². The van der Waals surface area contributed by atoms with Gasteiger partial charge < -0.3 is 8.98 Å². The van der Waals surface area contributed by atoms with Crippen molar-refractivity contribution in [3.63, 3.8) is 0 Å². The molecule has 13 rings (SSSR count). The fourth-order valence-corrected chi connectivity index (χ4v) is 9.50. The predicted octanol–water partition coefficient (Wildman–Crippen LogP) is 14.7. The Morgan fingerprint density at radius 1 is 0.344 bits per heavy atom. The zero-order chi connectivity index (χ0) is 40.0. The highest BCUT2D eigenvalue weighted by Crippen LogP contribution is 2.42. The van der Waals surface area contributed by atoms with Crippen LogP contribution in [0.5, 0.6) is 0 Å². The van der Waals surface area contributed by atoms with E-state index in [1.165, 1.54) is 38.1 Å². The molecule has 0 atom stereocenters. The van der Waals surface area contributed by atoms with E-state index in [-0.39, 0.29) is 0 Å². The first kappa shape index (κ1) is 33.7. The molecule has 0 aliphatic carbocycles. The predicted molar refractivity (Wildman–Crippen MR) is 252 cm³/mol. The first-order chi connectivity index (χ1) is 30.2. The second-order valence-electron chi connectivity index (χ2n) is 15.8. The first-order valence-corrected chi connectivity index (χ1v) is 20.7. The molecule has 9 aromatic carbocycles. The number of para-hydroxylation sites is 4. The van der Waals surface area contributed by atoms with Gasteiger partial charge in [-0.2, -0.15) is 0 Å². The van der Waals surface area contributed by atoms with Crippen molar-refractivity contribution < 1.29 is 4.42 Å². The van der Waals surface area contributed by atoms with Gasteiger partial charge in [0.25, 0.3) is 0 Å². The van der Waals surface area contributed by atoms with Crippen molar-refractivity contribution >= 4 is 76.5 Å². The van der Waals surface area contributed by atoms with Gasteiger partial charge in [0, 0.05) is 43.7 Å². The Balaban J connectivity index is 1.01. The lowest BCUT2D eigenvalue weighted by molar-refractivity contribution is 0.667. The number of fused-ring (bicyclic) bond motifs is 10. The number of rotatable bonds is 5. The molecule has 0 amide bonds. The van der Waals surface area contributed by atoms with Crippen LogP contribution in [0, 0.1) is 0 Å². The molecule has 0 bridgehead atoms. The number of nitrogens with zero attached hydrogens (tertiary/aromatic N) is 4. The summed E-state index contributed by atoms with van der Waals surface area (Å²) >= 11 is 0. The van der Waals surface area contributed by atoms with Gasteiger partial charge in [-0.05, 0) is 88.1 Å². The van der Waals surface area contributed by atoms with Crippen LogP contribution in [0.2, 0.25) is 0 Å². The minimum atomic E-state index is 0.597. The Bertz CT molecular complexity index is 3880. The summed E-state index contributed by atoms with van der Waals surface area (Å²) < 4.78 is 11.5. The average molecular weight is 779 g/mol. The summed E-state index contributed by atoms with van der Waals surface area (Å²) in [6.45, 7) is 0. The van der Waals surface area contributed by atoms with Gasteiger partial charge in [0.2, 0.25) is 5.95 Å². The molecule has 0 aliphatic heterocycles. The van der Waals surface area contributed by atoms with E-state index in [4.69, 9.17) is 14.4 Å². The third kappa shape index (κ3) is 5.14. The third-order valence-corrected chi connectivity index (χ3v) is 12.3. The van der Waals surface area contributed by atoms with Gasteiger partial charge in [-0.15, -0.1) is 0 Å². The fraction of sp³-hybridized carbons (Fsp3) is 0. The standard InChI is InChI=1S/C56H34N4O/c1-3-15-36(16-4-1)52-55-53(45-23-13-22-42(54(45)61-55)40-27-26-35-14-7-8-17-37(35)32-40)58-56(57-52)60-49-25-12-10-21-44(49)47-34-39(29-31-51(47)60)38-28-30-50-46(33-38)43-20-9-11-24-48(43)59(50)41-18-5-2-6-19-41/h1-34H. The molecule has 61 heavy (non-hydrogen) atoms. The van der Waals surface area contributed by atoms with Gasteiger partial charge in [0.15, 0.2) is 5.58 Å². The maximum atomic E-state index is 6.90. The molecule has 0 radical (unpaired) electrons. The summed E-state index contributed by atoms with van der Waals surface area (Å²) in [5.41, 5.74) is 14.0. The van der Waals surface area contributed by atoms with Crippen LogP contribution in [0.1, 0.15) is 0 Å². The number of aromatic nitrogens is 4. The second kappa shape index (κ2) is 13.1. The van der Waals surface area contributed by atoms with Gasteiger partial charge >= 0.3 is 0 Å². The van der Waals surface area contributed by atoms with E-state index in [9.17, 15) is 0 Å². The molecule has 0 fully saturated rings. The van der Waals surface area contributed by atoms with Crippen molar-refractivity contribution in [2.24, 2.45) is 0 Å². The SMILES string of the molecule is c1ccc(-c2nc(-n3c4ccccc4c4cc(-c5ccc6c(c5)c5ccccc5n6-c5ccccc5)ccc43)nc3c2oc2c(-c4ccc5ccccc5c4)cccc23)cc1. The van der Waals surface area contributed by atoms with Gasteiger partial charge in [-0.25, -0.2) is 9.97 Å². The van der Waals surface area contributed by atoms with Crippen molar-refractivity contribution in [1.82, 2.24) is 19.1 Å². The van der Waals surface area contributed by atoms with Crippen LogP contribution in [-0.2, 0) is 0 Å². The largest absolute Gasteiger partial charge is 0.451 e. The van der Waals surface area contributed by atoms with Crippen LogP contribution in [0.15, 0.2) is 211 Å². The summed E-state index contributed by atoms with van der Waals surface area (Å²) in [6.07, 6.45) is 0. The maximum absolute atomic E-state index is 6.90. The second-order valence-corrected chi connectivity index (χ2v) is 15.8. The number of furan rings is 1. The molecule has 4 aromatic heterocycles. The molecular formula is C56H34N4O. The maximum Gasteiger partial charge on any atom is 0.236 e. The number of benzene rings is 9. The molecule has 4 heterocycles. The zero-order valence-electron chi connectivity index (χ0n) is 32.8. The van der Waals surface area contributed by atoms with Crippen LogP contribution in [0.3, 0.4) is 0 Å². The topological polar surface area (TPSA) is 48.8 Å². The molecule has 0 saturated carbocycles. The Kier molecular flexibility index (Phi) is 7.24. The molecule has 0 spiro atoms. The van der Waals surface area contributed by atoms with Crippen LogP contribution in [-0.4, -0.2) is 19.1 Å². The third-order valence-electron chi connectivity index (χ3n) is 12.3. The summed E-state index contributed by atoms with van der Waals surface area (Å²) in [5.74, 6) is 0.597. The van der Waals surface area contributed by atoms with Gasteiger partial charge in [0.1, 0.15) is 16.8 Å². The van der Waals surface area contributed by atoms with Crippen LogP contribution in [0.4, 0.5) is 0 Å². The van der Waals surface area contributed by atoms with Crippen molar-refractivity contribution in [2.45, 2.75) is 0 Å². The quantitative estimate of drug-likeness (QED) is 0.175. The number of hydrogen-bond donors (Lipinski definition) is 0. The normalized spacial score (nSPS) is 11.9. The fourth-order valence-electron chi connectivity index (χ4n) is 9.50. The monoisotopic (exact) mass is 778 g/mol. The molecule has 13 aromatic rings.